The highest BCUT2D eigenvalue weighted by Gasteiger charge is 2.24. The number of pyridine rings is 2. The maximum absolute atomic E-state index is 12.9. The fourth-order valence-electron chi connectivity index (χ4n) is 6.29. The van der Waals surface area contributed by atoms with Gasteiger partial charge in [0.15, 0.2) is 0 Å². The average Bonchev–Trinajstić information content (AvgIpc) is 3.26. The van der Waals surface area contributed by atoms with Crippen molar-refractivity contribution >= 4 is 35.8 Å². The molecular formula is C46H43N5O10. The molecule has 0 radical (unpaired) electrons. The molecule has 15 heteroatoms. The third kappa shape index (κ3) is 11.6. The number of carboxylic acid groups (broad SMARTS) is 2. The Bertz CT molecular complexity index is 2430. The van der Waals surface area contributed by atoms with Crippen LogP contribution in [-0.4, -0.2) is 76.3 Å². The molecule has 1 amide bonds. The molecule has 0 aliphatic carbocycles. The Morgan fingerprint density at radius 1 is 0.656 bits per heavy atom. The van der Waals surface area contributed by atoms with Gasteiger partial charge in [-0.2, -0.15) is 0 Å². The van der Waals surface area contributed by atoms with Gasteiger partial charge in [0.25, 0.3) is 0 Å². The molecule has 3 atom stereocenters. The van der Waals surface area contributed by atoms with E-state index in [-0.39, 0.29) is 23.3 Å². The lowest BCUT2D eigenvalue weighted by atomic mass is 9.94. The van der Waals surface area contributed by atoms with Crippen LogP contribution in [0.25, 0.3) is 0 Å². The van der Waals surface area contributed by atoms with E-state index in [0.717, 1.165) is 5.56 Å². The van der Waals surface area contributed by atoms with Gasteiger partial charge < -0.3 is 44.7 Å². The first-order valence-corrected chi connectivity index (χ1v) is 19.0. The normalized spacial score (nSPS) is 12.2. The maximum Gasteiger partial charge on any atom is 0.511 e. The number of ether oxygens (including phenoxy) is 4. The second kappa shape index (κ2) is 20.2. The molecule has 15 nitrogen and oxygen atoms in total. The summed E-state index contributed by atoms with van der Waals surface area (Å²) < 4.78 is 22.7. The summed E-state index contributed by atoms with van der Waals surface area (Å²) in [6, 6.07) is 34.9. The van der Waals surface area contributed by atoms with Gasteiger partial charge >= 0.3 is 24.2 Å². The van der Waals surface area contributed by atoms with Gasteiger partial charge in [0.1, 0.15) is 29.2 Å². The Morgan fingerprint density at radius 3 is 1.69 bits per heavy atom. The summed E-state index contributed by atoms with van der Waals surface area (Å²) in [7, 11) is 3.12. The van der Waals surface area contributed by atoms with Crippen molar-refractivity contribution in [2.75, 3.05) is 31.5 Å². The van der Waals surface area contributed by atoms with Gasteiger partial charge in [0.05, 0.1) is 23.2 Å². The molecular weight excluding hydrogens is 783 g/mol. The quantitative estimate of drug-likeness (QED) is 0.0504. The topological polar surface area (TPSA) is 199 Å². The number of rotatable bonds is 17. The van der Waals surface area contributed by atoms with E-state index >= 15 is 0 Å². The smallest absolute Gasteiger partial charge is 0.478 e. The van der Waals surface area contributed by atoms with Crippen LogP contribution in [0.3, 0.4) is 0 Å². The first-order valence-electron chi connectivity index (χ1n) is 19.0. The van der Waals surface area contributed by atoms with Crippen LogP contribution in [-0.2, 0) is 15.9 Å². The highest BCUT2D eigenvalue weighted by molar-refractivity contribution is 5.88. The fraction of sp³-hybridized carbons (Fsp3) is 0.174. The monoisotopic (exact) mass is 825 g/mol. The average molecular weight is 826 g/mol. The molecule has 3 unspecified atom stereocenters. The van der Waals surface area contributed by atoms with Crippen LogP contribution < -0.4 is 20.1 Å². The van der Waals surface area contributed by atoms with Gasteiger partial charge in [-0.3, -0.25) is 0 Å². The van der Waals surface area contributed by atoms with Gasteiger partial charge in [-0.25, -0.2) is 29.1 Å². The zero-order valence-electron chi connectivity index (χ0n) is 33.4. The van der Waals surface area contributed by atoms with Crippen LogP contribution in [0.15, 0.2) is 140 Å². The van der Waals surface area contributed by atoms with Crippen molar-refractivity contribution in [3.05, 3.63) is 179 Å². The van der Waals surface area contributed by atoms with Crippen molar-refractivity contribution in [2.24, 2.45) is 0 Å². The van der Waals surface area contributed by atoms with Crippen molar-refractivity contribution in [2.45, 2.75) is 31.5 Å². The van der Waals surface area contributed by atoms with E-state index in [1.807, 2.05) is 30.3 Å². The molecule has 0 saturated carbocycles. The lowest BCUT2D eigenvalue weighted by molar-refractivity contribution is -0.0117. The molecule has 6 rings (SSSR count). The van der Waals surface area contributed by atoms with E-state index in [4.69, 9.17) is 18.9 Å². The lowest BCUT2D eigenvalue weighted by Crippen LogP contribution is -2.26. The number of hydrogen-bond acceptors (Lipinski definition) is 12. The molecule has 0 aliphatic rings. The number of anilines is 2. The Kier molecular flexibility index (Phi) is 14.1. The van der Waals surface area contributed by atoms with Gasteiger partial charge in [-0.15, -0.1) is 0 Å². The van der Waals surface area contributed by atoms with E-state index in [0.29, 0.717) is 39.6 Å². The molecule has 61 heavy (non-hydrogen) atoms. The summed E-state index contributed by atoms with van der Waals surface area (Å²) in [5, 5.41) is 25.7. The maximum atomic E-state index is 12.9. The summed E-state index contributed by atoms with van der Waals surface area (Å²) in [6.07, 6.45) is 1.21. The second-order valence-electron chi connectivity index (χ2n) is 13.9. The van der Waals surface area contributed by atoms with Crippen LogP contribution >= 0.6 is 0 Å². The Morgan fingerprint density at radius 2 is 1.18 bits per heavy atom. The highest BCUT2D eigenvalue weighted by atomic mass is 16.8. The second-order valence-corrected chi connectivity index (χ2v) is 13.9. The van der Waals surface area contributed by atoms with Crippen molar-refractivity contribution in [1.29, 1.82) is 0 Å². The standard InChI is InChI=1S/C46H43N5O10/c1-29(60-46(57)59-28-58-37-11-5-4-10-35(37)41(49-39-12-6-8-24-47-39)31-15-19-33(20-16-31)43(52)53)26-30-14-23-36(38(27-30)61-45(56)51(2)3)42(50-40-13-7-9-25-48-40)32-17-21-34(22-18-32)44(54)55/h4-25,27,29,41-42H,26,28H2,1-3H3,(H,47,49)(H,48,50)(H,52,53)(H,54,55). The summed E-state index contributed by atoms with van der Waals surface area (Å²) in [4.78, 5) is 59.0. The van der Waals surface area contributed by atoms with Crippen LogP contribution in [0.2, 0.25) is 0 Å². The van der Waals surface area contributed by atoms with Crippen molar-refractivity contribution in [1.82, 2.24) is 14.9 Å². The third-order valence-corrected chi connectivity index (χ3v) is 9.29. The molecule has 0 saturated heterocycles. The first kappa shape index (κ1) is 42.7. The minimum Gasteiger partial charge on any atom is -0.478 e. The number of carbonyl (C=O) groups is 4. The Labute approximate surface area is 351 Å². The number of nitrogens with zero attached hydrogens (tertiary/aromatic N) is 3. The van der Waals surface area contributed by atoms with E-state index in [9.17, 15) is 29.4 Å². The SMILES string of the molecule is CC(Cc1ccc(C(Nc2ccccn2)c2ccc(C(=O)O)cc2)c(OC(=O)N(C)C)c1)OC(=O)OCOc1ccccc1C(Nc1ccccn1)c1ccc(C(=O)O)cc1. The van der Waals surface area contributed by atoms with Crippen LogP contribution in [0, 0.1) is 0 Å². The minimum atomic E-state index is -1.06. The van der Waals surface area contributed by atoms with E-state index in [2.05, 4.69) is 20.6 Å². The predicted molar refractivity (Wildman–Crippen MR) is 225 cm³/mol. The number of aromatic nitrogens is 2. The number of benzene rings is 4. The number of carboxylic acids is 2. The molecule has 312 valence electrons. The molecule has 0 bridgehead atoms. The summed E-state index contributed by atoms with van der Waals surface area (Å²) in [5.41, 5.74) is 3.59. The minimum absolute atomic E-state index is 0.114. The molecule has 2 aromatic heterocycles. The fourth-order valence-corrected chi connectivity index (χ4v) is 6.29. The molecule has 0 aliphatic heterocycles. The molecule has 0 fully saturated rings. The van der Waals surface area contributed by atoms with E-state index in [1.54, 1.807) is 106 Å². The number of carbonyl (C=O) groups excluding carboxylic acids is 2. The van der Waals surface area contributed by atoms with Gasteiger partial charge in [-0.05, 0) is 84.3 Å². The van der Waals surface area contributed by atoms with Crippen molar-refractivity contribution < 1.29 is 48.3 Å². The Hall–Kier alpha value is -7.94. The number of para-hydroxylation sites is 1. The van der Waals surface area contributed by atoms with Gasteiger partial charge in [0.2, 0.25) is 6.79 Å². The highest BCUT2D eigenvalue weighted by Crippen LogP contribution is 2.36. The molecule has 6 aromatic rings. The first-order chi connectivity index (χ1) is 29.4. The zero-order chi connectivity index (χ0) is 43.3. The lowest BCUT2D eigenvalue weighted by Gasteiger charge is -2.24. The number of aromatic carboxylic acids is 2. The van der Waals surface area contributed by atoms with Crippen molar-refractivity contribution in [3.63, 3.8) is 0 Å². The number of amides is 1. The van der Waals surface area contributed by atoms with E-state index < -0.39 is 49.2 Å². The van der Waals surface area contributed by atoms with Crippen LogP contribution in [0.1, 0.15) is 67.5 Å². The molecule has 4 aromatic carbocycles. The molecule has 0 spiro atoms. The third-order valence-electron chi connectivity index (χ3n) is 9.29. The molecule has 4 N–H and O–H groups in total. The van der Waals surface area contributed by atoms with Crippen LogP contribution in [0.5, 0.6) is 11.5 Å². The summed E-state index contributed by atoms with van der Waals surface area (Å²) >= 11 is 0. The zero-order valence-corrected chi connectivity index (χ0v) is 33.4. The largest absolute Gasteiger partial charge is 0.511 e. The Balaban J connectivity index is 1.15. The van der Waals surface area contributed by atoms with Gasteiger partial charge in [0, 0.05) is 44.0 Å². The van der Waals surface area contributed by atoms with Crippen molar-refractivity contribution in [3.8, 4) is 11.5 Å². The van der Waals surface area contributed by atoms with E-state index in [1.165, 1.54) is 29.2 Å². The summed E-state index contributed by atoms with van der Waals surface area (Å²) in [6.45, 7) is 1.21. The predicted octanol–water partition coefficient (Wildman–Crippen LogP) is 8.46. The van der Waals surface area contributed by atoms with Crippen LogP contribution in [0.4, 0.5) is 21.2 Å². The summed E-state index contributed by atoms with van der Waals surface area (Å²) in [5.74, 6) is -0.381. The van der Waals surface area contributed by atoms with Gasteiger partial charge in [-0.1, -0.05) is 66.7 Å². The molecule has 2 heterocycles. The number of nitrogens with one attached hydrogen (secondary N) is 2. The number of hydrogen-bond donors (Lipinski definition) is 4.